The predicted molar refractivity (Wildman–Crippen MR) is 88.6 cm³/mol. The van der Waals surface area contributed by atoms with Gasteiger partial charge in [-0.3, -0.25) is 10.1 Å². The van der Waals surface area contributed by atoms with Crippen molar-refractivity contribution in [3.8, 4) is 0 Å². The lowest BCUT2D eigenvalue weighted by atomic mass is 10.3. The van der Waals surface area contributed by atoms with Crippen molar-refractivity contribution in [2.45, 2.75) is 22.1 Å². The second-order valence-corrected chi connectivity index (χ2v) is 7.67. The lowest BCUT2D eigenvalue weighted by Gasteiger charge is -2.10. The molecule has 0 unspecified atom stereocenters. The van der Waals surface area contributed by atoms with Gasteiger partial charge < -0.3 is 4.90 Å². The van der Waals surface area contributed by atoms with Gasteiger partial charge in [0.15, 0.2) is 4.34 Å². The van der Waals surface area contributed by atoms with Gasteiger partial charge in [-0.1, -0.05) is 46.3 Å². The molecule has 0 radical (unpaired) electrons. The molecule has 6 nitrogen and oxygen atoms in total. The number of aromatic nitrogens is 2. The smallest absolute Gasteiger partial charge is 0.272 e. The fourth-order valence-corrected chi connectivity index (χ4v) is 4.66. The minimum Gasteiger partial charge on any atom is -0.347 e. The minimum atomic E-state index is -0.525. The van der Waals surface area contributed by atoms with Crippen LogP contribution < -0.4 is 4.90 Å². The number of non-ortho nitro benzene ring substituents is 1. The second-order valence-electron chi connectivity index (χ2n) is 4.64. The Balaban J connectivity index is 1.82. The fourth-order valence-electron chi connectivity index (χ4n) is 2.12. The Morgan fingerprint density at radius 2 is 1.86 bits per heavy atom. The number of rotatable bonds is 4. The molecule has 0 spiro atoms. The van der Waals surface area contributed by atoms with E-state index in [0.29, 0.717) is 9.24 Å². The third-order valence-electron chi connectivity index (χ3n) is 3.16. The molecule has 0 saturated carbocycles. The first-order valence-electron chi connectivity index (χ1n) is 6.44. The number of benzene rings is 1. The van der Waals surface area contributed by atoms with Crippen LogP contribution in [0, 0.1) is 10.1 Å². The Labute approximate surface area is 144 Å². The summed E-state index contributed by atoms with van der Waals surface area (Å²) in [6.45, 7) is 2.00. The average molecular weight is 377 g/mol. The SMILES string of the molecule is O=[N+]([O-])c1cc(Cl)c(Sc2nnc(N3CCCC3)s2)c(Cl)c1. The molecule has 22 heavy (non-hydrogen) atoms. The quantitative estimate of drug-likeness (QED) is 0.577. The van der Waals surface area contributed by atoms with Gasteiger partial charge in [-0.2, -0.15) is 0 Å². The first kappa shape index (κ1) is 15.8. The molecule has 1 aromatic carbocycles. The number of halogens is 2. The van der Waals surface area contributed by atoms with Gasteiger partial charge in [0, 0.05) is 25.2 Å². The molecular formula is C12H10Cl2N4O2S2. The van der Waals surface area contributed by atoms with Gasteiger partial charge in [-0.05, 0) is 12.8 Å². The maximum Gasteiger partial charge on any atom is 0.272 e. The second kappa shape index (κ2) is 6.57. The Morgan fingerprint density at radius 3 is 2.45 bits per heavy atom. The van der Waals surface area contributed by atoms with E-state index in [-0.39, 0.29) is 15.7 Å². The van der Waals surface area contributed by atoms with E-state index >= 15 is 0 Å². The zero-order valence-electron chi connectivity index (χ0n) is 11.2. The lowest BCUT2D eigenvalue weighted by Crippen LogP contribution is -2.17. The van der Waals surface area contributed by atoms with E-state index in [2.05, 4.69) is 15.1 Å². The summed E-state index contributed by atoms with van der Waals surface area (Å²) in [6.07, 6.45) is 2.34. The molecule has 1 aliphatic heterocycles. The number of hydrogen-bond acceptors (Lipinski definition) is 7. The molecule has 3 rings (SSSR count). The van der Waals surface area contributed by atoms with Crippen molar-refractivity contribution in [3.63, 3.8) is 0 Å². The summed E-state index contributed by atoms with van der Waals surface area (Å²) in [6, 6.07) is 2.58. The van der Waals surface area contributed by atoms with Crippen molar-refractivity contribution in [2.75, 3.05) is 18.0 Å². The molecule has 0 aliphatic carbocycles. The van der Waals surface area contributed by atoms with Crippen LogP contribution >= 0.6 is 46.3 Å². The first-order valence-corrected chi connectivity index (χ1v) is 8.83. The van der Waals surface area contributed by atoms with Gasteiger partial charge in [-0.25, -0.2) is 0 Å². The largest absolute Gasteiger partial charge is 0.347 e. The Kier molecular flexibility index (Phi) is 4.72. The van der Waals surface area contributed by atoms with Gasteiger partial charge in [0.1, 0.15) is 0 Å². The van der Waals surface area contributed by atoms with E-state index in [9.17, 15) is 10.1 Å². The summed E-state index contributed by atoms with van der Waals surface area (Å²) in [5.74, 6) is 0. The predicted octanol–water partition coefficient (Wildman–Crippen LogP) is 4.50. The van der Waals surface area contributed by atoms with Gasteiger partial charge in [0.05, 0.1) is 19.9 Å². The van der Waals surface area contributed by atoms with E-state index in [0.717, 1.165) is 18.2 Å². The molecule has 2 aromatic rings. The first-order chi connectivity index (χ1) is 10.5. The van der Waals surface area contributed by atoms with Gasteiger partial charge >= 0.3 is 0 Å². The Hall–Kier alpha value is -1.09. The number of nitrogens with zero attached hydrogens (tertiary/aromatic N) is 4. The van der Waals surface area contributed by atoms with Crippen LogP contribution in [0.4, 0.5) is 10.8 Å². The molecule has 2 heterocycles. The minimum absolute atomic E-state index is 0.130. The summed E-state index contributed by atoms with van der Waals surface area (Å²) >= 11 is 14.9. The fraction of sp³-hybridized carbons (Fsp3) is 0.333. The van der Waals surface area contributed by atoms with Crippen LogP contribution in [0.1, 0.15) is 12.8 Å². The standard InChI is InChI=1S/C12H10Cl2N4O2S2/c13-8-5-7(18(19)20)6-9(14)10(8)21-12-16-15-11(22-12)17-3-1-2-4-17/h5-6H,1-4H2. The number of anilines is 1. The van der Waals surface area contributed by atoms with Crippen LogP contribution in [0.15, 0.2) is 21.4 Å². The van der Waals surface area contributed by atoms with E-state index in [1.165, 1.54) is 48.1 Å². The topological polar surface area (TPSA) is 72.2 Å². The summed E-state index contributed by atoms with van der Waals surface area (Å²) in [5, 5.41) is 20.5. The zero-order chi connectivity index (χ0) is 15.7. The van der Waals surface area contributed by atoms with E-state index in [1.807, 2.05) is 0 Å². The highest BCUT2D eigenvalue weighted by Gasteiger charge is 2.20. The van der Waals surface area contributed by atoms with Crippen LogP contribution in [0.5, 0.6) is 0 Å². The lowest BCUT2D eigenvalue weighted by molar-refractivity contribution is -0.384. The molecule has 0 N–H and O–H groups in total. The van der Waals surface area contributed by atoms with Gasteiger partial charge in [0.25, 0.3) is 5.69 Å². The van der Waals surface area contributed by atoms with Gasteiger partial charge in [0.2, 0.25) is 5.13 Å². The summed E-state index contributed by atoms with van der Waals surface area (Å²) < 4.78 is 0.708. The zero-order valence-corrected chi connectivity index (χ0v) is 14.3. The van der Waals surface area contributed by atoms with Crippen molar-refractivity contribution in [2.24, 2.45) is 0 Å². The van der Waals surface area contributed by atoms with Crippen molar-refractivity contribution in [1.82, 2.24) is 10.2 Å². The number of nitro benzene ring substituents is 1. The molecule has 10 heteroatoms. The molecule has 1 aliphatic rings. The number of hydrogen-bond donors (Lipinski definition) is 0. The van der Waals surface area contributed by atoms with Crippen LogP contribution in [0.2, 0.25) is 10.0 Å². The molecule has 0 atom stereocenters. The molecule has 1 aromatic heterocycles. The van der Waals surface area contributed by atoms with E-state index in [1.54, 1.807) is 0 Å². The average Bonchev–Trinajstić information content (AvgIpc) is 3.13. The Bertz CT molecular complexity index is 696. The van der Waals surface area contributed by atoms with Crippen LogP contribution in [-0.2, 0) is 0 Å². The highest BCUT2D eigenvalue weighted by Crippen LogP contribution is 2.42. The van der Waals surface area contributed by atoms with E-state index in [4.69, 9.17) is 23.2 Å². The van der Waals surface area contributed by atoms with E-state index < -0.39 is 4.92 Å². The van der Waals surface area contributed by atoms with Gasteiger partial charge in [-0.15, -0.1) is 10.2 Å². The van der Waals surface area contributed by atoms with Crippen LogP contribution in [0.25, 0.3) is 0 Å². The third kappa shape index (κ3) is 3.29. The summed E-state index contributed by atoms with van der Waals surface area (Å²) in [5.41, 5.74) is -0.130. The highest BCUT2D eigenvalue weighted by molar-refractivity contribution is 8.01. The van der Waals surface area contributed by atoms with Crippen LogP contribution in [-0.4, -0.2) is 28.2 Å². The van der Waals surface area contributed by atoms with Crippen molar-refractivity contribution < 1.29 is 4.92 Å². The molecule has 0 amide bonds. The molecule has 1 fully saturated rings. The summed E-state index contributed by atoms with van der Waals surface area (Å²) in [7, 11) is 0. The van der Waals surface area contributed by atoms with Crippen molar-refractivity contribution in [1.29, 1.82) is 0 Å². The molecule has 116 valence electrons. The van der Waals surface area contributed by atoms with Crippen molar-refractivity contribution >= 4 is 57.1 Å². The molecule has 1 saturated heterocycles. The summed E-state index contributed by atoms with van der Waals surface area (Å²) in [4.78, 5) is 13.0. The molecular weight excluding hydrogens is 367 g/mol. The monoisotopic (exact) mass is 376 g/mol. The highest BCUT2D eigenvalue weighted by atomic mass is 35.5. The maximum absolute atomic E-state index is 10.8. The normalized spacial score (nSPS) is 14.5. The Morgan fingerprint density at radius 1 is 1.23 bits per heavy atom. The molecule has 0 bridgehead atoms. The third-order valence-corrected chi connectivity index (χ3v) is 6.15. The van der Waals surface area contributed by atoms with Crippen molar-refractivity contribution in [3.05, 3.63) is 32.3 Å². The number of nitro groups is 1. The maximum atomic E-state index is 10.8. The van der Waals surface area contributed by atoms with Crippen LogP contribution in [0.3, 0.4) is 0 Å².